The molecule has 2 nitrogen and oxygen atoms in total. The molecule has 5 heteroatoms. The average Bonchev–Trinajstić information content (AvgIpc) is 3.28. The molecule has 3 rings (SSSR count). The maximum absolute atomic E-state index is 13.7. The summed E-state index contributed by atoms with van der Waals surface area (Å²) in [6.07, 6.45) is 2.02. The number of carbonyl (C=O) groups excluding carboxylic acids is 1. The highest BCUT2D eigenvalue weighted by Gasteiger charge is 2.26. The SMILES string of the molecule is O=C(Nc1ccc(F)c(C2CC2)c1)c1ccc(Cl)c(S)c1. The molecule has 2 aromatic carbocycles. The Morgan fingerprint density at radius 3 is 2.67 bits per heavy atom. The fraction of sp³-hybridized carbons (Fsp3) is 0.188. The number of nitrogens with one attached hydrogen (secondary N) is 1. The Morgan fingerprint density at radius 2 is 2.00 bits per heavy atom. The van der Waals surface area contributed by atoms with Crippen LogP contribution in [0.2, 0.25) is 5.02 Å². The number of carbonyl (C=O) groups is 1. The van der Waals surface area contributed by atoms with E-state index in [0.29, 0.717) is 32.7 Å². The van der Waals surface area contributed by atoms with Gasteiger partial charge in [-0.15, -0.1) is 12.6 Å². The van der Waals surface area contributed by atoms with Crippen LogP contribution in [0.15, 0.2) is 41.3 Å². The van der Waals surface area contributed by atoms with Crippen molar-refractivity contribution in [2.24, 2.45) is 0 Å². The topological polar surface area (TPSA) is 29.1 Å². The summed E-state index contributed by atoms with van der Waals surface area (Å²) >= 11 is 10.1. The number of halogens is 2. The van der Waals surface area contributed by atoms with Crippen molar-refractivity contribution < 1.29 is 9.18 Å². The fourth-order valence-electron chi connectivity index (χ4n) is 2.19. The molecule has 1 saturated carbocycles. The molecule has 1 fully saturated rings. The van der Waals surface area contributed by atoms with Crippen LogP contribution in [-0.2, 0) is 0 Å². The quantitative estimate of drug-likeness (QED) is 0.774. The van der Waals surface area contributed by atoms with Gasteiger partial charge in [-0.2, -0.15) is 0 Å². The second-order valence-electron chi connectivity index (χ2n) is 5.13. The number of thiol groups is 1. The first kappa shape index (κ1) is 14.4. The number of rotatable bonds is 3. The summed E-state index contributed by atoms with van der Waals surface area (Å²) in [5, 5.41) is 3.27. The predicted molar refractivity (Wildman–Crippen MR) is 85.0 cm³/mol. The van der Waals surface area contributed by atoms with Crippen LogP contribution in [0, 0.1) is 5.82 Å². The Kier molecular flexibility index (Phi) is 3.91. The molecule has 0 spiro atoms. The minimum absolute atomic E-state index is 0.209. The van der Waals surface area contributed by atoms with E-state index in [4.69, 9.17) is 11.6 Å². The summed E-state index contributed by atoms with van der Waals surface area (Å²) in [5.74, 6) is -0.184. The van der Waals surface area contributed by atoms with Gasteiger partial charge in [-0.3, -0.25) is 4.79 Å². The van der Waals surface area contributed by atoms with Gasteiger partial charge in [-0.1, -0.05) is 11.6 Å². The summed E-state index contributed by atoms with van der Waals surface area (Å²) in [4.78, 5) is 12.7. The zero-order chi connectivity index (χ0) is 15.0. The van der Waals surface area contributed by atoms with Gasteiger partial charge in [-0.25, -0.2) is 4.39 Å². The third kappa shape index (κ3) is 3.22. The van der Waals surface area contributed by atoms with Crippen molar-refractivity contribution in [3.8, 4) is 0 Å². The molecule has 1 amide bonds. The van der Waals surface area contributed by atoms with Crippen LogP contribution >= 0.6 is 24.2 Å². The number of hydrogen-bond donors (Lipinski definition) is 2. The Morgan fingerprint density at radius 1 is 1.24 bits per heavy atom. The fourth-order valence-corrected chi connectivity index (χ4v) is 2.52. The lowest BCUT2D eigenvalue weighted by atomic mass is 10.1. The van der Waals surface area contributed by atoms with E-state index >= 15 is 0 Å². The molecule has 0 radical (unpaired) electrons. The van der Waals surface area contributed by atoms with Crippen molar-refractivity contribution in [2.45, 2.75) is 23.7 Å². The summed E-state index contributed by atoms with van der Waals surface area (Å²) in [6, 6.07) is 9.53. The molecular formula is C16H13ClFNOS. The smallest absolute Gasteiger partial charge is 0.255 e. The normalized spacial score (nSPS) is 14.0. The van der Waals surface area contributed by atoms with Crippen molar-refractivity contribution in [1.82, 2.24) is 0 Å². The second kappa shape index (κ2) is 5.70. The van der Waals surface area contributed by atoms with Crippen LogP contribution in [0.4, 0.5) is 10.1 Å². The van der Waals surface area contributed by atoms with Gasteiger partial charge in [0.15, 0.2) is 0 Å². The highest BCUT2D eigenvalue weighted by atomic mass is 35.5. The van der Waals surface area contributed by atoms with E-state index in [1.807, 2.05) is 0 Å². The molecule has 0 aliphatic heterocycles. The van der Waals surface area contributed by atoms with E-state index in [9.17, 15) is 9.18 Å². The van der Waals surface area contributed by atoms with Gasteiger partial charge in [0.25, 0.3) is 5.91 Å². The lowest BCUT2D eigenvalue weighted by Gasteiger charge is -2.09. The third-order valence-corrected chi connectivity index (χ3v) is 4.31. The van der Waals surface area contributed by atoms with Gasteiger partial charge in [0.1, 0.15) is 5.82 Å². The minimum atomic E-state index is -0.268. The monoisotopic (exact) mass is 321 g/mol. The van der Waals surface area contributed by atoms with Gasteiger partial charge >= 0.3 is 0 Å². The highest BCUT2D eigenvalue weighted by molar-refractivity contribution is 7.80. The molecule has 0 saturated heterocycles. The summed E-state index contributed by atoms with van der Waals surface area (Å²) in [5.41, 5.74) is 1.74. The van der Waals surface area contributed by atoms with Gasteiger partial charge in [0, 0.05) is 16.1 Å². The number of benzene rings is 2. The molecular weight excluding hydrogens is 309 g/mol. The van der Waals surface area contributed by atoms with E-state index in [-0.39, 0.29) is 11.7 Å². The third-order valence-electron chi connectivity index (χ3n) is 3.48. The average molecular weight is 322 g/mol. The van der Waals surface area contributed by atoms with Crippen LogP contribution in [-0.4, -0.2) is 5.91 Å². The Balaban J connectivity index is 1.81. The summed E-state index contributed by atoms with van der Waals surface area (Å²) < 4.78 is 13.7. The highest BCUT2D eigenvalue weighted by Crippen LogP contribution is 2.42. The standard InChI is InChI=1S/C16H13ClFNOS/c17-13-5-3-10(7-15(13)21)16(20)19-11-4-6-14(18)12(8-11)9-1-2-9/h3-9,21H,1-2H2,(H,19,20). The number of anilines is 1. The largest absolute Gasteiger partial charge is 0.322 e. The molecule has 0 heterocycles. The maximum Gasteiger partial charge on any atom is 0.255 e. The molecule has 1 aliphatic rings. The Hall–Kier alpha value is -1.52. The van der Waals surface area contributed by atoms with Crippen LogP contribution in [0.25, 0.3) is 0 Å². The summed E-state index contributed by atoms with van der Waals surface area (Å²) in [7, 11) is 0. The van der Waals surface area contributed by atoms with Crippen LogP contribution < -0.4 is 5.32 Å². The molecule has 108 valence electrons. The van der Waals surface area contributed by atoms with Crippen molar-refractivity contribution in [2.75, 3.05) is 5.32 Å². The first-order valence-corrected chi connectivity index (χ1v) is 7.46. The zero-order valence-corrected chi connectivity index (χ0v) is 12.7. The van der Waals surface area contributed by atoms with E-state index in [2.05, 4.69) is 17.9 Å². The van der Waals surface area contributed by atoms with E-state index in [1.165, 1.54) is 6.07 Å². The van der Waals surface area contributed by atoms with E-state index in [0.717, 1.165) is 12.8 Å². The molecule has 0 unspecified atom stereocenters. The van der Waals surface area contributed by atoms with Crippen molar-refractivity contribution in [1.29, 1.82) is 0 Å². The Labute approximate surface area is 132 Å². The molecule has 0 aromatic heterocycles. The molecule has 2 aromatic rings. The predicted octanol–water partition coefficient (Wildman–Crippen LogP) is 4.90. The van der Waals surface area contributed by atoms with Gasteiger partial charge in [0.05, 0.1) is 5.02 Å². The number of amides is 1. The van der Waals surface area contributed by atoms with E-state index in [1.54, 1.807) is 30.3 Å². The number of hydrogen-bond acceptors (Lipinski definition) is 2. The van der Waals surface area contributed by atoms with E-state index < -0.39 is 0 Å². The van der Waals surface area contributed by atoms with Crippen LogP contribution in [0.1, 0.15) is 34.7 Å². The van der Waals surface area contributed by atoms with Gasteiger partial charge in [0.2, 0.25) is 0 Å². The van der Waals surface area contributed by atoms with Gasteiger partial charge < -0.3 is 5.32 Å². The van der Waals surface area contributed by atoms with Crippen LogP contribution in [0.5, 0.6) is 0 Å². The first-order valence-electron chi connectivity index (χ1n) is 6.64. The zero-order valence-electron chi connectivity index (χ0n) is 11.1. The lowest BCUT2D eigenvalue weighted by Crippen LogP contribution is -2.12. The minimum Gasteiger partial charge on any atom is -0.322 e. The second-order valence-corrected chi connectivity index (χ2v) is 6.02. The van der Waals surface area contributed by atoms with Crippen LogP contribution in [0.3, 0.4) is 0 Å². The molecule has 21 heavy (non-hydrogen) atoms. The van der Waals surface area contributed by atoms with Crippen molar-refractivity contribution in [3.63, 3.8) is 0 Å². The van der Waals surface area contributed by atoms with Crippen molar-refractivity contribution in [3.05, 3.63) is 58.4 Å². The molecule has 1 aliphatic carbocycles. The Bertz CT molecular complexity index is 715. The summed E-state index contributed by atoms with van der Waals surface area (Å²) in [6.45, 7) is 0. The van der Waals surface area contributed by atoms with Crippen molar-refractivity contribution >= 4 is 35.8 Å². The molecule has 1 N–H and O–H groups in total. The lowest BCUT2D eigenvalue weighted by molar-refractivity contribution is 0.102. The molecule has 0 atom stereocenters. The molecule has 0 bridgehead atoms. The van der Waals surface area contributed by atoms with Gasteiger partial charge in [-0.05, 0) is 60.7 Å². The maximum atomic E-state index is 13.7. The first-order chi connectivity index (χ1) is 10.0.